The Morgan fingerprint density at radius 2 is 1.04 bits per heavy atom. The Morgan fingerprint density at radius 3 is 1.62 bits per heavy atom. The van der Waals surface area contributed by atoms with E-state index in [0.29, 0.717) is 16.5 Å². The topological polar surface area (TPSA) is 0 Å². The third-order valence-corrected chi connectivity index (χ3v) is 4.56. The zero-order valence-corrected chi connectivity index (χ0v) is 14.5. The molecule has 3 aromatic carbocycles. The summed E-state index contributed by atoms with van der Waals surface area (Å²) < 4.78 is 1.02. The molecule has 3 aromatic rings. The maximum Gasteiger partial charge on any atom is 0.113 e. The summed E-state index contributed by atoms with van der Waals surface area (Å²) in [4.78, 5) is 0. The van der Waals surface area contributed by atoms with Crippen molar-refractivity contribution in [3.8, 4) is 22.3 Å². The molecule has 0 aliphatic heterocycles. The van der Waals surface area contributed by atoms with Crippen LogP contribution in [0.3, 0.4) is 0 Å². The van der Waals surface area contributed by atoms with Crippen LogP contribution in [0.15, 0.2) is 53.0 Å². The van der Waals surface area contributed by atoms with Gasteiger partial charge in [0.2, 0.25) is 0 Å². The van der Waals surface area contributed by atoms with Crippen LogP contribution in [0.4, 0.5) is 0 Å². The summed E-state index contributed by atoms with van der Waals surface area (Å²) in [5.41, 5.74) is 4.97. The number of hydrogen-bond acceptors (Lipinski definition) is 0. The number of hydrogen-bond donors (Lipinski definition) is 0. The first kappa shape index (κ1) is 17.3. The van der Waals surface area contributed by atoms with Crippen LogP contribution in [-0.4, -0.2) is 39.2 Å². The van der Waals surface area contributed by atoms with Crippen molar-refractivity contribution < 1.29 is 0 Å². The number of benzene rings is 3. The first-order valence-electron chi connectivity index (χ1n) is 7.28. The molecule has 0 unspecified atom stereocenters. The van der Waals surface area contributed by atoms with E-state index < -0.39 is 0 Å². The Balaban J connectivity index is 2.19. The van der Waals surface area contributed by atoms with Gasteiger partial charge in [0.25, 0.3) is 0 Å². The molecule has 0 aliphatic rings. The predicted molar refractivity (Wildman–Crippen MR) is 112 cm³/mol. The maximum absolute atomic E-state index is 6.15. The fourth-order valence-corrected chi connectivity index (χ4v) is 2.92. The van der Waals surface area contributed by atoms with Gasteiger partial charge >= 0.3 is 0 Å². The highest BCUT2D eigenvalue weighted by Gasteiger charge is 2.12. The van der Waals surface area contributed by atoms with Crippen molar-refractivity contribution in [2.45, 2.75) is 0 Å². The SMILES string of the molecule is [B]c1c([B])c([B])c(-c2cccc(-c3ccc(Br)cc3)c2)c([B])c1[B]. The Morgan fingerprint density at radius 1 is 0.542 bits per heavy atom. The van der Waals surface area contributed by atoms with Gasteiger partial charge in [-0.15, -0.1) is 16.4 Å². The van der Waals surface area contributed by atoms with Crippen LogP contribution < -0.4 is 27.3 Å². The van der Waals surface area contributed by atoms with Crippen molar-refractivity contribution in [1.82, 2.24) is 0 Å². The van der Waals surface area contributed by atoms with Gasteiger partial charge in [-0.25, -0.2) is 0 Å². The van der Waals surface area contributed by atoms with E-state index in [9.17, 15) is 0 Å². The fourth-order valence-electron chi connectivity index (χ4n) is 2.66. The highest BCUT2D eigenvalue weighted by molar-refractivity contribution is 9.10. The normalized spacial score (nSPS) is 10.7. The van der Waals surface area contributed by atoms with Crippen LogP contribution in [0.25, 0.3) is 22.3 Å². The van der Waals surface area contributed by atoms with Gasteiger partial charge in [-0.1, -0.05) is 57.2 Å². The van der Waals surface area contributed by atoms with Crippen LogP contribution in [0, 0.1) is 0 Å². The van der Waals surface area contributed by atoms with Gasteiger partial charge in [-0.05, 0) is 40.5 Å². The first-order valence-corrected chi connectivity index (χ1v) is 8.07. The second-order valence-corrected chi connectivity index (χ2v) is 6.45. The first-order chi connectivity index (χ1) is 11.4. The highest BCUT2D eigenvalue weighted by Crippen LogP contribution is 2.25. The smallest absolute Gasteiger partial charge is 0.112 e. The minimum atomic E-state index is 0.220. The molecule has 102 valence electrons. The molecule has 0 nitrogen and oxygen atoms in total. The molecule has 3 rings (SSSR count). The van der Waals surface area contributed by atoms with E-state index in [1.54, 1.807) is 0 Å². The maximum atomic E-state index is 6.15. The Bertz CT molecular complexity index is 890. The molecule has 0 aromatic heterocycles. The summed E-state index contributed by atoms with van der Waals surface area (Å²) in [7, 11) is 30.1. The molecule has 0 fully saturated rings. The average molecular weight is 358 g/mol. The van der Waals surface area contributed by atoms with Crippen molar-refractivity contribution >= 4 is 82.5 Å². The number of halogens is 1. The lowest BCUT2D eigenvalue weighted by Crippen LogP contribution is -2.55. The molecule has 0 saturated carbocycles. The Labute approximate surface area is 157 Å². The lowest BCUT2D eigenvalue weighted by atomic mass is 9.59. The monoisotopic (exact) mass is 358 g/mol. The van der Waals surface area contributed by atoms with Crippen LogP contribution in [0.2, 0.25) is 0 Å². The van der Waals surface area contributed by atoms with E-state index in [4.69, 9.17) is 39.2 Å². The van der Waals surface area contributed by atoms with E-state index >= 15 is 0 Å². The third-order valence-electron chi connectivity index (χ3n) is 4.03. The molecule has 0 amide bonds. The predicted octanol–water partition coefficient (Wildman–Crippen LogP) is -0.248. The van der Waals surface area contributed by atoms with E-state index in [2.05, 4.69) is 15.9 Å². The van der Waals surface area contributed by atoms with E-state index in [0.717, 1.165) is 21.2 Å². The molecule has 10 radical (unpaired) electrons. The van der Waals surface area contributed by atoms with Crippen molar-refractivity contribution in [3.05, 3.63) is 53.0 Å². The largest absolute Gasteiger partial charge is 0.113 e. The summed E-state index contributed by atoms with van der Waals surface area (Å²) in [5, 5.41) is 0. The van der Waals surface area contributed by atoms with Gasteiger partial charge in [0.05, 0.1) is 0 Å². The molecule has 0 spiro atoms. The summed E-state index contributed by atoms with van der Waals surface area (Å²) >= 11 is 3.44. The Hall–Kier alpha value is -1.54. The third kappa shape index (κ3) is 3.04. The van der Waals surface area contributed by atoms with Crippen molar-refractivity contribution in [1.29, 1.82) is 0 Å². The molecule has 0 heterocycles. The minimum Gasteiger partial charge on any atom is -0.112 e. The van der Waals surface area contributed by atoms with Crippen LogP contribution in [0.5, 0.6) is 0 Å². The van der Waals surface area contributed by atoms with E-state index in [-0.39, 0.29) is 16.4 Å². The molecule has 0 N–H and O–H groups in total. The van der Waals surface area contributed by atoms with Gasteiger partial charge in [-0.2, -0.15) is 0 Å². The van der Waals surface area contributed by atoms with E-state index in [1.165, 1.54) is 0 Å². The molecule has 6 heteroatoms. The second-order valence-electron chi connectivity index (χ2n) is 5.53. The molecule has 0 atom stereocenters. The molecule has 24 heavy (non-hydrogen) atoms. The molecule has 0 saturated heterocycles. The fraction of sp³-hybridized carbons (Fsp3) is 0. The molecule has 0 bridgehead atoms. The summed E-state index contributed by atoms with van der Waals surface area (Å²) in [5.74, 6) is 0. The van der Waals surface area contributed by atoms with E-state index in [1.807, 2.05) is 48.5 Å². The van der Waals surface area contributed by atoms with Gasteiger partial charge in [0.1, 0.15) is 39.2 Å². The van der Waals surface area contributed by atoms with Gasteiger partial charge < -0.3 is 0 Å². The second kappa shape index (κ2) is 6.76. The van der Waals surface area contributed by atoms with Crippen LogP contribution >= 0.6 is 15.9 Å². The molecular formula is C18H8B5Br. The average Bonchev–Trinajstić information content (AvgIpc) is 2.59. The van der Waals surface area contributed by atoms with Crippen LogP contribution in [0.1, 0.15) is 0 Å². The minimum absolute atomic E-state index is 0.220. The van der Waals surface area contributed by atoms with Crippen LogP contribution in [-0.2, 0) is 0 Å². The molecular weight excluding hydrogens is 350 g/mol. The Kier molecular flexibility index (Phi) is 4.87. The highest BCUT2D eigenvalue weighted by atomic mass is 79.9. The quantitative estimate of drug-likeness (QED) is 0.555. The summed E-state index contributed by atoms with van der Waals surface area (Å²) in [6, 6.07) is 15.9. The van der Waals surface area contributed by atoms with Gasteiger partial charge in [0.15, 0.2) is 0 Å². The lowest BCUT2D eigenvalue weighted by Gasteiger charge is -2.21. The lowest BCUT2D eigenvalue weighted by molar-refractivity contribution is 1.59. The van der Waals surface area contributed by atoms with Crippen molar-refractivity contribution in [2.24, 2.45) is 0 Å². The van der Waals surface area contributed by atoms with Crippen molar-refractivity contribution in [2.75, 3.05) is 0 Å². The van der Waals surface area contributed by atoms with Gasteiger partial charge in [-0.3, -0.25) is 0 Å². The standard InChI is InChI=1S/C18H8B5Br/c19-14-13(15(20)17(22)18(23)16(14)21)11-3-1-2-10(8-11)9-4-6-12(24)7-5-9/h1-8H. The summed E-state index contributed by atoms with van der Waals surface area (Å²) in [6.45, 7) is 0. The summed E-state index contributed by atoms with van der Waals surface area (Å²) in [6.07, 6.45) is 0. The zero-order chi connectivity index (χ0) is 17.4. The van der Waals surface area contributed by atoms with Gasteiger partial charge in [0, 0.05) is 4.47 Å². The number of rotatable bonds is 2. The molecule has 0 aliphatic carbocycles. The van der Waals surface area contributed by atoms with Crippen molar-refractivity contribution in [3.63, 3.8) is 0 Å². The zero-order valence-electron chi connectivity index (χ0n) is 12.9.